The maximum atomic E-state index is 11.6. The summed E-state index contributed by atoms with van der Waals surface area (Å²) in [6.45, 7) is 1.62. The van der Waals surface area contributed by atoms with E-state index < -0.39 is 0 Å². The fourth-order valence-corrected chi connectivity index (χ4v) is 3.08. The lowest BCUT2D eigenvalue weighted by atomic mass is 10.2. The number of carbonyl (C=O) groups is 1. The number of amides is 1. The first kappa shape index (κ1) is 13.2. The minimum Gasteiger partial charge on any atom is -0.398 e. The van der Waals surface area contributed by atoms with Crippen LogP contribution >= 0.6 is 11.8 Å². The van der Waals surface area contributed by atoms with Crippen LogP contribution in [0.3, 0.4) is 0 Å². The standard InChI is InChI=1S/C13H18N2O2S/c1-15-13(16)9-2-3-11(14)12(8-9)18-10-4-6-17-7-5-10/h2-3,8,10H,4-7,14H2,1H3,(H,15,16). The van der Waals surface area contributed by atoms with Gasteiger partial charge >= 0.3 is 0 Å². The molecule has 0 bridgehead atoms. The molecule has 1 aromatic carbocycles. The predicted octanol–water partition coefficient (Wildman–Crippen LogP) is 1.90. The van der Waals surface area contributed by atoms with Gasteiger partial charge in [-0.3, -0.25) is 4.79 Å². The summed E-state index contributed by atoms with van der Waals surface area (Å²) in [4.78, 5) is 12.6. The molecule has 0 radical (unpaired) electrons. The highest BCUT2D eigenvalue weighted by molar-refractivity contribution is 8.00. The van der Waals surface area contributed by atoms with Gasteiger partial charge in [0.1, 0.15) is 0 Å². The first-order chi connectivity index (χ1) is 8.70. The largest absolute Gasteiger partial charge is 0.398 e. The minimum absolute atomic E-state index is 0.0798. The molecule has 0 atom stereocenters. The summed E-state index contributed by atoms with van der Waals surface area (Å²) in [5.74, 6) is -0.0798. The van der Waals surface area contributed by atoms with Crippen molar-refractivity contribution in [1.29, 1.82) is 0 Å². The maximum Gasteiger partial charge on any atom is 0.251 e. The summed E-state index contributed by atoms with van der Waals surface area (Å²) in [7, 11) is 1.63. The molecule has 4 nitrogen and oxygen atoms in total. The monoisotopic (exact) mass is 266 g/mol. The van der Waals surface area contributed by atoms with Gasteiger partial charge in [0.25, 0.3) is 5.91 Å². The molecule has 1 aliphatic rings. The molecule has 0 unspecified atom stereocenters. The van der Waals surface area contributed by atoms with Crippen LogP contribution in [-0.2, 0) is 4.74 Å². The van der Waals surface area contributed by atoms with E-state index in [4.69, 9.17) is 10.5 Å². The van der Waals surface area contributed by atoms with Gasteiger partial charge in [-0.15, -0.1) is 11.8 Å². The summed E-state index contributed by atoms with van der Waals surface area (Å²) in [6, 6.07) is 5.42. The van der Waals surface area contributed by atoms with Gasteiger partial charge in [-0.05, 0) is 31.0 Å². The first-order valence-corrected chi connectivity index (χ1v) is 6.94. The SMILES string of the molecule is CNC(=O)c1ccc(N)c(SC2CCOCC2)c1. The normalized spacial score (nSPS) is 16.5. The van der Waals surface area contributed by atoms with E-state index in [9.17, 15) is 4.79 Å². The van der Waals surface area contributed by atoms with E-state index in [-0.39, 0.29) is 5.91 Å². The zero-order valence-electron chi connectivity index (χ0n) is 10.4. The molecule has 98 valence electrons. The van der Waals surface area contributed by atoms with Gasteiger partial charge in [-0.2, -0.15) is 0 Å². The van der Waals surface area contributed by atoms with Crippen LogP contribution in [-0.4, -0.2) is 31.4 Å². The second-order valence-electron chi connectivity index (χ2n) is 4.26. The van der Waals surface area contributed by atoms with E-state index in [2.05, 4.69) is 5.32 Å². The van der Waals surface area contributed by atoms with Crippen LogP contribution in [0.2, 0.25) is 0 Å². The average molecular weight is 266 g/mol. The van der Waals surface area contributed by atoms with Crippen molar-refractivity contribution < 1.29 is 9.53 Å². The number of ether oxygens (including phenoxy) is 1. The molecule has 1 aliphatic heterocycles. The van der Waals surface area contributed by atoms with Gasteiger partial charge in [-0.25, -0.2) is 0 Å². The third kappa shape index (κ3) is 3.17. The summed E-state index contributed by atoms with van der Waals surface area (Å²) in [5, 5.41) is 3.15. The second-order valence-corrected chi connectivity index (χ2v) is 5.60. The molecular weight excluding hydrogens is 248 g/mol. The molecule has 1 amide bonds. The number of carbonyl (C=O) groups excluding carboxylic acids is 1. The molecule has 5 heteroatoms. The van der Waals surface area contributed by atoms with Gasteiger partial charge in [0.05, 0.1) is 0 Å². The highest BCUT2D eigenvalue weighted by Gasteiger charge is 2.17. The van der Waals surface area contributed by atoms with Crippen molar-refractivity contribution in [1.82, 2.24) is 5.32 Å². The molecule has 0 spiro atoms. The Morgan fingerprint density at radius 2 is 2.17 bits per heavy atom. The molecule has 2 rings (SSSR count). The fourth-order valence-electron chi connectivity index (χ4n) is 1.90. The Morgan fingerprint density at radius 1 is 1.44 bits per heavy atom. The Balaban J connectivity index is 2.12. The topological polar surface area (TPSA) is 64.4 Å². The molecular formula is C13H18N2O2S. The van der Waals surface area contributed by atoms with Crippen LogP contribution in [0.5, 0.6) is 0 Å². The van der Waals surface area contributed by atoms with E-state index in [1.54, 1.807) is 30.9 Å². The van der Waals surface area contributed by atoms with Crippen LogP contribution in [0.1, 0.15) is 23.2 Å². The highest BCUT2D eigenvalue weighted by Crippen LogP contribution is 2.33. The van der Waals surface area contributed by atoms with Crippen LogP contribution in [0.15, 0.2) is 23.1 Å². The molecule has 1 saturated heterocycles. The average Bonchev–Trinajstić information content (AvgIpc) is 2.41. The minimum atomic E-state index is -0.0798. The highest BCUT2D eigenvalue weighted by atomic mass is 32.2. The Kier molecular flexibility index (Phi) is 4.49. The molecule has 1 heterocycles. The summed E-state index contributed by atoms with van der Waals surface area (Å²) >= 11 is 1.75. The van der Waals surface area contributed by atoms with Crippen LogP contribution in [0.4, 0.5) is 5.69 Å². The molecule has 18 heavy (non-hydrogen) atoms. The zero-order chi connectivity index (χ0) is 13.0. The van der Waals surface area contributed by atoms with Crippen molar-refractivity contribution >= 4 is 23.4 Å². The van der Waals surface area contributed by atoms with E-state index >= 15 is 0 Å². The van der Waals surface area contributed by atoms with Gasteiger partial charge in [0.2, 0.25) is 0 Å². The predicted molar refractivity (Wildman–Crippen MR) is 73.9 cm³/mol. The van der Waals surface area contributed by atoms with E-state index in [1.807, 2.05) is 6.07 Å². The Bertz CT molecular complexity index is 431. The third-order valence-electron chi connectivity index (χ3n) is 2.96. The third-order valence-corrected chi connectivity index (χ3v) is 4.38. The number of nitrogens with one attached hydrogen (secondary N) is 1. The number of thioether (sulfide) groups is 1. The molecule has 0 saturated carbocycles. The number of anilines is 1. The number of rotatable bonds is 3. The quantitative estimate of drug-likeness (QED) is 0.820. The molecule has 1 fully saturated rings. The van der Waals surface area contributed by atoms with Gasteiger partial charge in [0.15, 0.2) is 0 Å². The summed E-state index contributed by atoms with van der Waals surface area (Å²) in [5.41, 5.74) is 7.35. The van der Waals surface area contributed by atoms with Crippen molar-refractivity contribution in [2.75, 3.05) is 26.0 Å². The smallest absolute Gasteiger partial charge is 0.251 e. The Labute approximate surface area is 111 Å². The first-order valence-electron chi connectivity index (χ1n) is 6.06. The fraction of sp³-hybridized carbons (Fsp3) is 0.462. The lowest BCUT2D eigenvalue weighted by Crippen LogP contribution is -2.19. The van der Waals surface area contributed by atoms with Crippen molar-refractivity contribution in [3.63, 3.8) is 0 Å². The number of nitrogens with two attached hydrogens (primary N) is 1. The molecule has 3 N–H and O–H groups in total. The van der Waals surface area contributed by atoms with Crippen molar-refractivity contribution in [2.24, 2.45) is 0 Å². The van der Waals surface area contributed by atoms with Crippen LogP contribution < -0.4 is 11.1 Å². The van der Waals surface area contributed by atoms with E-state index in [0.29, 0.717) is 10.8 Å². The summed E-state index contributed by atoms with van der Waals surface area (Å²) < 4.78 is 5.34. The second kappa shape index (κ2) is 6.11. The number of nitrogen functional groups attached to an aromatic ring is 1. The molecule has 0 aromatic heterocycles. The van der Waals surface area contributed by atoms with Gasteiger partial charge in [-0.1, -0.05) is 0 Å². The van der Waals surface area contributed by atoms with Crippen molar-refractivity contribution in [3.8, 4) is 0 Å². The van der Waals surface area contributed by atoms with Crippen LogP contribution in [0, 0.1) is 0 Å². The molecule has 0 aliphatic carbocycles. The van der Waals surface area contributed by atoms with E-state index in [1.165, 1.54) is 0 Å². The molecule has 1 aromatic rings. The van der Waals surface area contributed by atoms with Crippen LogP contribution in [0.25, 0.3) is 0 Å². The lowest BCUT2D eigenvalue weighted by molar-refractivity contribution is 0.0962. The Hall–Kier alpha value is -1.20. The van der Waals surface area contributed by atoms with Gasteiger partial charge < -0.3 is 15.8 Å². The summed E-state index contributed by atoms with van der Waals surface area (Å²) in [6.07, 6.45) is 2.07. The maximum absolute atomic E-state index is 11.6. The lowest BCUT2D eigenvalue weighted by Gasteiger charge is -2.22. The van der Waals surface area contributed by atoms with E-state index in [0.717, 1.165) is 36.6 Å². The number of hydrogen-bond donors (Lipinski definition) is 2. The number of hydrogen-bond acceptors (Lipinski definition) is 4. The number of benzene rings is 1. The zero-order valence-corrected chi connectivity index (χ0v) is 11.3. The Morgan fingerprint density at radius 3 is 2.83 bits per heavy atom. The van der Waals surface area contributed by atoms with Crippen molar-refractivity contribution in [2.45, 2.75) is 23.0 Å². The van der Waals surface area contributed by atoms with Gasteiger partial charge in [0, 0.05) is 41.7 Å². The van der Waals surface area contributed by atoms with Crippen molar-refractivity contribution in [3.05, 3.63) is 23.8 Å².